The fourth-order valence-electron chi connectivity index (χ4n) is 1.63. The minimum absolute atomic E-state index is 0.104. The lowest BCUT2D eigenvalue weighted by atomic mass is 10.1. The molecule has 0 aliphatic carbocycles. The summed E-state index contributed by atoms with van der Waals surface area (Å²) in [5, 5.41) is 0.221. The molecule has 2 rings (SSSR count). The predicted molar refractivity (Wildman–Crippen MR) is 74.2 cm³/mol. The van der Waals surface area contributed by atoms with Crippen LogP contribution in [0, 0.1) is 11.6 Å². The van der Waals surface area contributed by atoms with Crippen LogP contribution in [0.2, 0.25) is 5.15 Å². The van der Waals surface area contributed by atoms with Crippen molar-refractivity contribution >= 4 is 27.5 Å². The van der Waals surface area contributed by atoms with E-state index in [0.29, 0.717) is 10.2 Å². The highest BCUT2D eigenvalue weighted by molar-refractivity contribution is 9.10. The lowest BCUT2D eigenvalue weighted by Crippen LogP contribution is -2.01. The Hall–Kier alpha value is -1.07. The van der Waals surface area contributed by atoms with Crippen molar-refractivity contribution in [3.05, 3.63) is 45.2 Å². The SMILES string of the molecule is CC(C)c1nc(-c2cc(F)cc(F)c2)nc(Cl)c1Br. The van der Waals surface area contributed by atoms with Gasteiger partial charge in [-0.1, -0.05) is 25.4 Å². The van der Waals surface area contributed by atoms with Gasteiger partial charge in [-0.3, -0.25) is 0 Å². The topological polar surface area (TPSA) is 25.8 Å². The van der Waals surface area contributed by atoms with E-state index < -0.39 is 11.6 Å². The van der Waals surface area contributed by atoms with Gasteiger partial charge in [0.2, 0.25) is 0 Å². The third kappa shape index (κ3) is 3.09. The van der Waals surface area contributed by atoms with Crippen LogP contribution in [0.4, 0.5) is 8.78 Å². The fraction of sp³-hybridized carbons (Fsp3) is 0.231. The van der Waals surface area contributed by atoms with E-state index in [0.717, 1.165) is 6.07 Å². The summed E-state index contributed by atoms with van der Waals surface area (Å²) in [4.78, 5) is 8.35. The zero-order chi connectivity index (χ0) is 14.2. The molecule has 0 radical (unpaired) electrons. The molecule has 0 saturated carbocycles. The summed E-state index contributed by atoms with van der Waals surface area (Å²) in [7, 11) is 0. The molecule has 19 heavy (non-hydrogen) atoms. The second-order valence-electron chi connectivity index (χ2n) is 4.35. The zero-order valence-electron chi connectivity index (χ0n) is 10.2. The molecule has 0 bridgehead atoms. The van der Waals surface area contributed by atoms with Crippen LogP contribution in [0.5, 0.6) is 0 Å². The van der Waals surface area contributed by atoms with Crippen molar-refractivity contribution in [2.45, 2.75) is 19.8 Å². The maximum atomic E-state index is 13.2. The first kappa shape index (κ1) is 14.3. The maximum absolute atomic E-state index is 13.2. The molecule has 0 unspecified atom stereocenters. The Morgan fingerprint density at radius 1 is 1.11 bits per heavy atom. The largest absolute Gasteiger partial charge is 0.232 e. The molecule has 0 aliphatic rings. The van der Waals surface area contributed by atoms with Crippen LogP contribution >= 0.6 is 27.5 Å². The van der Waals surface area contributed by atoms with Gasteiger partial charge in [0.25, 0.3) is 0 Å². The van der Waals surface area contributed by atoms with Gasteiger partial charge in [0, 0.05) is 11.6 Å². The number of hydrogen-bond acceptors (Lipinski definition) is 2. The number of hydrogen-bond donors (Lipinski definition) is 0. The molecule has 1 aromatic carbocycles. The molecule has 0 atom stereocenters. The average Bonchev–Trinajstić information content (AvgIpc) is 2.30. The summed E-state index contributed by atoms with van der Waals surface area (Å²) < 4.78 is 27.0. The van der Waals surface area contributed by atoms with Gasteiger partial charge in [-0.25, -0.2) is 18.7 Å². The summed E-state index contributed by atoms with van der Waals surface area (Å²) in [6, 6.07) is 3.15. The third-order valence-corrected chi connectivity index (χ3v) is 3.79. The molecule has 6 heteroatoms. The van der Waals surface area contributed by atoms with Gasteiger partial charge in [0.15, 0.2) is 5.82 Å². The van der Waals surface area contributed by atoms with Gasteiger partial charge in [-0.2, -0.15) is 0 Å². The monoisotopic (exact) mass is 346 g/mol. The smallest absolute Gasteiger partial charge is 0.161 e. The van der Waals surface area contributed by atoms with E-state index >= 15 is 0 Å². The van der Waals surface area contributed by atoms with Gasteiger partial charge < -0.3 is 0 Å². The molecule has 1 aromatic heterocycles. The first-order valence-corrected chi connectivity index (χ1v) is 6.75. The minimum Gasteiger partial charge on any atom is -0.232 e. The first-order valence-electron chi connectivity index (χ1n) is 5.58. The lowest BCUT2D eigenvalue weighted by Gasteiger charge is -2.11. The van der Waals surface area contributed by atoms with Crippen molar-refractivity contribution < 1.29 is 8.78 Å². The van der Waals surface area contributed by atoms with E-state index in [2.05, 4.69) is 25.9 Å². The summed E-state index contributed by atoms with van der Waals surface area (Å²) in [6.07, 6.45) is 0. The number of benzene rings is 1. The van der Waals surface area contributed by atoms with Crippen molar-refractivity contribution in [2.24, 2.45) is 0 Å². The predicted octanol–water partition coefficient (Wildman–Crippen LogP) is 4.96. The number of halogens is 4. The Balaban J connectivity index is 2.62. The highest BCUT2D eigenvalue weighted by Gasteiger charge is 2.15. The van der Waals surface area contributed by atoms with Gasteiger partial charge in [0.1, 0.15) is 16.8 Å². The number of aromatic nitrogens is 2. The Kier molecular flexibility index (Phi) is 4.16. The van der Waals surface area contributed by atoms with Gasteiger partial charge in [-0.05, 0) is 34.0 Å². The van der Waals surface area contributed by atoms with Crippen LogP contribution in [0.15, 0.2) is 22.7 Å². The molecule has 0 aliphatic heterocycles. The Morgan fingerprint density at radius 2 is 1.68 bits per heavy atom. The molecular formula is C13H10BrClF2N2. The van der Waals surface area contributed by atoms with Crippen LogP contribution < -0.4 is 0 Å². The standard InChI is InChI=1S/C13H10BrClF2N2/c1-6(2)11-10(14)12(15)19-13(18-11)7-3-8(16)5-9(17)4-7/h3-6H,1-2H3. The summed E-state index contributed by atoms with van der Waals surface area (Å²) in [5.74, 6) is -1.05. The van der Waals surface area contributed by atoms with E-state index in [1.54, 1.807) is 0 Å². The second kappa shape index (κ2) is 5.51. The van der Waals surface area contributed by atoms with E-state index in [-0.39, 0.29) is 22.5 Å². The highest BCUT2D eigenvalue weighted by atomic mass is 79.9. The molecule has 0 spiro atoms. The second-order valence-corrected chi connectivity index (χ2v) is 5.50. The molecule has 2 nitrogen and oxygen atoms in total. The quantitative estimate of drug-likeness (QED) is 0.718. The number of rotatable bonds is 2. The molecule has 2 aromatic rings. The van der Waals surface area contributed by atoms with Gasteiger partial charge in [-0.15, -0.1) is 0 Å². The van der Waals surface area contributed by atoms with Crippen LogP contribution in [0.1, 0.15) is 25.5 Å². The summed E-state index contributed by atoms with van der Waals surface area (Å²) >= 11 is 9.32. The molecule has 100 valence electrons. The highest BCUT2D eigenvalue weighted by Crippen LogP contribution is 2.31. The molecule has 0 N–H and O–H groups in total. The van der Waals surface area contributed by atoms with Crippen molar-refractivity contribution in [3.8, 4) is 11.4 Å². The van der Waals surface area contributed by atoms with Crippen molar-refractivity contribution in [2.75, 3.05) is 0 Å². The van der Waals surface area contributed by atoms with Gasteiger partial charge in [0.05, 0.1) is 10.2 Å². The first-order chi connectivity index (χ1) is 8.88. The van der Waals surface area contributed by atoms with Crippen LogP contribution in [0.25, 0.3) is 11.4 Å². The lowest BCUT2D eigenvalue weighted by molar-refractivity contribution is 0.584. The van der Waals surface area contributed by atoms with E-state index in [1.165, 1.54) is 12.1 Å². The Labute approximate surface area is 123 Å². The van der Waals surface area contributed by atoms with Crippen molar-refractivity contribution in [3.63, 3.8) is 0 Å². The van der Waals surface area contributed by atoms with Crippen LogP contribution in [0.3, 0.4) is 0 Å². The Morgan fingerprint density at radius 3 is 2.21 bits per heavy atom. The molecular weight excluding hydrogens is 338 g/mol. The molecule has 1 heterocycles. The summed E-state index contributed by atoms with van der Waals surface area (Å²) in [6.45, 7) is 3.89. The molecule has 0 fully saturated rings. The van der Waals surface area contributed by atoms with Crippen LogP contribution in [-0.4, -0.2) is 9.97 Å². The maximum Gasteiger partial charge on any atom is 0.161 e. The van der Waals surface area contributed by atoms with E-state index in [4.69, 9.17) is 11.6 Å². The average molecular weight is 348 g/mol. The van der Waals surface area contributed by atoms with E-state index in [9.17, 15) is 8.78 Å². The Bertz CT molecular complexity index is 612. The molecule has 0 saturated heterocycles. The number of nitrogens with zero attached hydrogens (tertiary/aromatic N) is 2. The normalized spacial score (nSPS) is 11.1. The molecule has 0 amide bonds. The summed E-state index contributed by atoms with van der Waals surface area (Å²) in [5.41, 5.74) is 0.952. The minimum atomic E-state index is -0.677. The van der Waals surface area contributed by atoms with Crippen molar-refractivity contribution in [1.82, 2.24) is 9.97 Å². The van der Waals surface area contributed by atoms with Gasteiger partial charge >= 0.3 is 0 Å². The third-order valence-electron chi connectivity index (χ3n) is 2.50. The van der Waals surface area contributed by atoms with Crippen molar-refractivity contribution in [1.29, 1.82) is 0 Å². The zero-order valence-corrected chi connectivity index (χ0v) is 12.6. The van der Waals surface area contributed by atoms with Crippen LogP contribution in [-0.2, 0) is 0 Å². The fourth-order valence-corrected chi connectivity index (χ4v) is 2.44. The van der Waals surface area contributed by atoms with E-state index in [1.807, 2.05) is 13.8 Å².